The lowest BCUT2D eigenvalue weighted by Crippen LogP contribution is -2.45. The van der Waals surface area contributed by atoms with Crippen molar-refractivity contribution in [3.63, 3.8) is 0 Å². The summed E-state index contributed by atoms with van der Waals surface area (Å²) < 4.78 is 37.5. The topological polar surface area (TPSA) is 93.7 Å². The Hall–Kier alpha value is -1.80. The third-order valence-electron chi connectivity index (χ3n) is 3.50. The molecule has 0 aliphatic carbocycles. The van der Waals surface area contributed by atoms with Crippen LogP contribution < -0.4 is 19.5 Å². The summed E-state index contributed by atoms with van der Waals surface area (Å²) in [6, 6.07) is 3.55. The summed E-state index contributed by atoms with van der Waals surface area (Å²) in [5.41, 5.74) is 0. The standard InChI is InChI=1S/C14H20N2O5S/c1-20-12-7-6-10(9-13(12)21-2)22(18,19)16-11-5-3-4-8-15-14(11)17/h6-7,9,11,16H,3-5,8H2,1-2H3,(H,15,17)/t11-/m1/s1. The summed E-state index contributed by atoms with van der Waals surface area (Å²) in [5.74, 6) is 0.464. The van der Waals surface area contributed by atoms with E-state index in [-0.39, 0.29) is 10.8 Å². The van der Waals surface area contributed by atoms with Crippen LogP contribution in [-0.4, -0.2) is 41.1 Å². The fraction of sp³-hybridized carbons (Fsp3) is 0.500. The Balaban J connectivity index is 2.24. The van der Waals surface area contributed by atoms with Crippen molar-refractivity contribution in [2.45, 2.75) is 30.2 Å². The van der Waals surface area contributed by atoms with E-state index in [4.69, 9.17) is 9.47 Å². The van der Waals surface area contributed by atoms with Gasteiger partial charge < -0.3 is 14.8 Å². The zero-order chi connectivity index (χ0) is 16.2. The molecule has 1 aliphatic heterocycles. The van der Waals surface area contributed by atoms with Gasteiger partial charge in [-0.25, -0.2) is 8.42 Å². The molecular weight excluding hydrogens is 308 g/mol. The van der Waals surface area contributed by atoms with E-state index < -0.39 is 16.1 Å². The smallest absolute Gasteiger partial charge is 0.241 e. The van der Waals surface area contributed by atoms with Crippen molar-refractivity contribution in [1.29, 1.82) is 0 Å². The molecule has 1 amide bonds. The van der Waals surface area contributed by atoms with Crippen LogP contribution in [0.15, 0.2) is 23.1 Å². The number of methoxy groups -OCH3 is 2. The third-order valence-corrected chi connectivity index (χ3v) is 4.97. The molecule has 22 heavy (non-hydrogen) atoms. The van der Waals surface area contributed by atoms with Gasteiger partial charge in [-0.1, -0.05) is 0 Å². The van der Waals surface area contributed by atoms with Gasteiger partial charge in [-0.2, -0.15) is 4.72 Å². The lowest BCUT2D eigenvalue weighted by Gasteiger charge is -2.16. The Morgan fingerprint density at radius 1 is 1.18 bits per heavy atom. The minimum Gasteiger partial charge on any atom is -0.493 e. The lowest BCUT2D eigenvalue weighted by atomic mass is 10.1. The van der Waals surface area contributed by atoms with Gasteiger partial charge in [0.1, 0.15) is 6.04 Å². The molecule has 1 fully saturated rings. The normalized spacial score (nSPS) is 19.2. The summed E-state index contributed by atoms with van der Waals surface area (Å²) in [7, 11) is -0.910. The molecule has 0 saturated carbocycles. The molecule has 0 aromatic heterocycles. The molecule has 1 heterocycles. The number of nitrogens with one attached hydrogen (secondary N) is 2. The Morgan fingerprint density at radius 3 is 2.59 bits per heavy atom. The monoisotopic (exact) mass is 328 g/mol. The molecule has 0 spiro atoms. The number of benzene rings is 1. The second-order valence-corrected chi connectivity index (χ2v) is 6.69. The summed E-state index contributed by atoms with van der Waals surface area (Å²) >= 11 is 0. The molecule has 0 bridgehead atoms. The molecular formula is C14H20N2O5S. The van der Waals surface area contributed by atoms with Crippen molar-refractivity contribution in [2.75, 3.05) is 20.8 Å². The minimum atomic E-state index is -3.81. The number of hydrogen-bond donors (Lipinski definition) is 2. The molecule has 2 rings (SSSR count). The fourth-order valence-electron chi connectivity index (χ4n) is 2.29. The maximum atomic E-state index is 12.4. The zero-order valence-corrected chi connectivity index (χ0v) is 13.4. The van der Waals surface area contributed by atoms with Crippen molar-refractivity contribution in [2.24, 2.45) is 0 Å². The van der Waals surface area contributed by atoms with Crippen LogP contribution in [0.3, 0.4) is 0 Å². The van der Waals surface area contributed by atoms with Crippen molar-refractivity contribution in [3.05, 3.63) is 18.2 Å². The molecule has 2 N–H and O–H groups in total. The molecule has 7 nitrogen and oxygen atoms in total. The number of sulfonamides is 1. The molecule has 8 heteroatoms. The average molecular weight is 328 g/mol. The first-order valence-corrected chi connectivity index (χ1v) is 8.48. The Labute approximate surface area is 130 Å². The van der Waals surface area contributed by atoms with Crippen LogP contribution in [0.4, 0.5) is 0 Å². The van der Waals surface area contributed by atoms with E-state index in [0.717, 1.165) is 12.8 Å². The van der Waals surface area contributed by atoms with E-state index in [1.807, 2.05) is 0 Å². The van der Waals surface area contributed by atoms with Gasteiger partial charge in [-0.05, 0) is 31.4 Å². The van der Waals surface area contributed by atoms with E-state index in [0.29, 0.717) is 24.5 Å². The largest absolute Gasteiger partial charge is 0.493 e. The summed E-state index contributed by atoms with van der Waals surface area (Å²) in [6.45, 7) is 0.577. The Kier molecular flexibility index (Phi) is 5.25. The van der Waals surface area contributed by atoms with Crippen molar-refractivity contribution in [3.8, 4) is 11.5 Å². The molecule has 122 valence electrons. The van der Waals surface area contributed by atoms with E-state index >= 15 is 0 Å². The number of carbonyl (C=O) groups excluding carboxylic acids is 1. The van der Waals surface area contributed by atoms with E-state index in [1.54, 1.807) is 0 Å². The van der Waals surface area contributed by atoms with Crippen LogP contribution in [0, 0.1) is 0 Å². The van der Waals surface area contributed by atoms with Gasteiger partial charge in [0, 0.05) is 12.6 Å². The fourth-order valence-corrected chi connectivity index (χ4v) is 3.54. The van der Waals surface area contributed by atoms with Crippen LogP contribution in [0.5, 0.6) is 11.5 Å². The highest BCUT2D eigenvalue weighted by Crippen LogP contribution is 2.29. The van der Waals surface area contributed by atoms with Gasteiger partial charge in [0.2, 0.25) is 15.9 Å². The number of ether oxygens (including phenoxy) is 2. The van der Waals surface area contributed by atoms with Gasteiger partial charge in [0.25, 0.3) is 0 Å². The molecule has 1 aliphatic rings. The number of rotatable bonds is 5. The first-order chi connectivity index (χ1) is 10.5. The van der Waals surface area contributed by atoms with E-state index in [2.05, 4.69) is 10.0 Å². The first-order valence-electron chi connectivity index (χ1n) is 7.00. The number of amides is 1. The highest BCUT2D eigenvalue weighted by Gasteiger charge is 2.27. The zero-order valence-electron chi connectivity index (χ0n) is 12.6. The average Bonchev–Trinajstić information content (AvgIpc) is 2.71. The predicted octanol–water partition coefficient (Wildman–Crippen LogP) is 0.651. The highest BCUT2D eigenvalue weighted by molar-refractivity contribution is 7.89. The molecule has 0 unspecified atom stereocenters. The van der Waals surface area contributed by atoms with Gasteiger partial charge in [0.05, 0.1) is 19.1 Å². The maximum absolute atomic E-state index is 12.4. The molecule has 1 atom stereocenters. The summed E-state index contributed by atoms with van der Waals surface area (Å²) in [4.78, 5) is 11.9. The first kappa shape index (κ1) is 16.6. The predicted molar refractivity (Wildman–Crippen MR) is 80.5 cm³/mol. The van der Waals surface area contributed by atoms with Gasteiger partial charge in [-0.3, -0.25) is 4.79 Å². The third kappa shape index (κ3) is 3.69. The summed E-state index contributed by atoms with van der Waals surface area (Å²) in [5, 5.41) is 2.70. The van der Waals surface area contributed by atoms with Crippen molar-refractivity contribution in [1.82, 2.24) is 10.0 Å². The van der Waals surface area contributed by atoms with Crippen LogP contribution in [0.2, 0.25) is 0 Å². The van der Waals surface area contributed by atoms with Crippen molar-refractivity contribution >= 4 is 15.9 Å². The van der Waals surface area contributed by atoms with E-state index in [1.165, 1.54) is 32.4 Å². The van der Waals surface area contributed by atoms with Gasteiger partial charge >= 0.3 is 0 Å². The quantitative estimate of drug-likeness (QED) is 0.828. The SMILES string of the molecule is COc1ccc(S(=O)(=O)N[C@@H]2CCCCNC2=O)cc1OC. The van der Waals surface area contributed by atoms with Gasteiger partial charge in [0.15, 0.2) is 11.5 Å². The van der Waals surface area contributed by atoms with Crippen LogP contribution in [-0.2, 0) is 14.8 Å². The van der Waals surface area contributed by atoms with Gasteiger partial charge in [-0.15, -0.1) is 0 Å². The maximum Gasteiger partial charge on any atom is 0.241 e. The van der Waals surface area contributed by atoms with Crippen LogP contribution in [0.1, 0.15) is 19.3 Å². The molecule has 0 radical (unpaired) electrons. The molecule has 1 saturated heterocycles. The van der Waals surface area contributed by atoms with Crippen molar-refractivity contribution < 1.29 is 22.7 Å². The second kappa shape index (κ2) is 6.97. The Bertz CT molecular complexity index is 645. The minimum absolute atomic E-state index is 0.0298. The lowest BCUT2D eigenvalue weighted by molar-refractivity contribution is -0.122. The Morgan fingerprint density at radius 2 is 1.91 bits per heavy atom. The van der Waals surface area contributed by atoms with Crippen LogP contribution in [0.25, 0.3) is 0 Å². The van der Waals surface area contributed by atoms with E-state index in [9.17, 15) is 13.2 Å². The second-order valence-electron chi connectivity index (χ2n) is 4.98. The summed E-state index contributed by atoms with van der Waals surface area (Å²) in [6.07, 6.45) is 2.12. The number of hydrogen-bond acceptors (Lipinski definition) is 5. The molecule has 1 aromatic carbocycles. The highest BCUT2D eigenvalue weighted by atomic mass is 32.2. The molecule has 1 aromatic rings. The number of carbonyl (C=O) groups is 1. The van der Waals surface area contributed by atoms with Crippen LogP contribution >= 0.6 is 0 Å².